The first kappa shape index (κ1) is 421. The van der Waals surface area contributed by atoms with Crippen LogP contribution in [0.4, 0.5) is 0 Å². The third-order valence-corrected chi connectivity index (χ3v) is 0. The maximum atomic E-state index is 0. The fourth-order valence-corrected chi connectivity index (χ4v) is 0. The molecule has 0 bridgehead atoms. The summed E-state index contributed by atoms with van der Waals surface area (Å²) in [7, 11) is 0. The molecule has 0 heterocycles. The van der Waals surface area contributed by atoms with E-state index in [-0.39, 0.29) is 64.2 Å². The molecule has 7 heavy (non-hydrogen) atoms. The van der Waals surface area contributed by atoms with Crippen molar-refractivity contribution in [3.05, 3.63) is 0 Å². The van der Waals surface area contributed by atoms with Gasteiger partial charge >= 0.3 is 36.8 Å². The summed E-state index contributed by atoms with van der Waals surface area (Å²) in [6, 6.07) is 0. The first-order valence-corrected chi connectivity index (χ1v) is 0. The summed E-state index contributed by atoms with van der Waals surface area (Å²) in [5, 5.41) is 0. The molecule has 0 aromatic heterocycles. The third-order valence-electron chi connectivity index (χ3n) is 0. The molecular formula is H5AlO5Zn. The van der Waals surface area contributed by atoms with Crippen LogP contribution in [0.15, 0.2) is 0 Å². The molecule has 0 aromatic rings. The number of hydrogen-bond donors (Lipinski definition) is 0. The van der Waals surface area contributed by atoms with E-state index in [0.717, 1.165) is 0 Å². The first-order chi connectivity index (χ1) is 0. The molecular weight excluding hydrogens is 172 g/mol. The Balaban J connectivity index is 0. The Hall–Kier alpha value is 0.956. The van der Waals surface area contributed by atoms with E-state index in [1.165, 1.54) is 0 Å². The van der Waals surface area contributed by atoms with Gasteiger partial charge in [-0.3, -0.25) is 0 Å². The van der Waals surface area contributed by atoms with Gasteiger partial charge in [0.2, 0.25) is 0 Å². The standard InChI is InChI=1S/Al.5H2O.Zn/h;5*1H2;/q+3;;;;;;+2/p-5. The predicted octanol–water partition coefficient (Wildman–Crippen LogP) is -1.27. The molecule has 0 spiro atoms. The molecule has 0 aliphatic carbocycles. The largest absolute Gasteiger partial charge is 3.00 e. The summed E-state index contributed by atoms with van der Waals surface area (Å²) in [6.45, 7) is 0. The van der Waals surface area contributed by atoms with E-state index in [1.54, 1.807) is 0 Å². The molecule has 0 aliphatic heterocycles. The summed E-state index contributed by atoms with van der Waals surface area (Å²) in [5.74, 6) is 0. The van der Waals surface area contributed by atoms with Gasteiger partial charge in [-0.2, -0.15) is 0 Å². The topological polar surface area (TPSA) is 150 Å². The third kappa shape index (κ3) is 187. The second-order valence-corrected chi connectivity index (χ2v) is 0. The molecule has 0 saturated carbocycles. The molecule has 0 unspecified atom stereocenters. The Morgan fingerprint density at radius 1 is 0.429 bits per heavy atom. The van der Waals surface area contributed by atoms with Crippen molar-refractivity contribution in [3.8, 4) is 0 Å². The van der Waals surface area contributed by atoms with Gasteiger partial charge in [0.25, 0.3) is 0 Å². The fraction of sp³-hybridized carbons (Fsp3) is 0. The van der Waals surface area contributed by atoms with Crippen LogP contribution in [0, 0.1) is 0 Å². The molecule has 5 N–H and O–H groups in total. The van der Waals surface area contributed by atoms with E-state index in [4.69, 9.17) is 0 Å². The summed E-state index contributed by atoms with van der Waals surface area (Å²) >= 11 is 0. The SMILES string of the molecule is [Al+3].[OH-].[OH-].[OH-].[OH-].[OH-].[Zn+2]. The van der Waals surface area contributed by atoms with Crippen molar-refractivity contribution in [2.45, 2.75) is 0 Å². The van der Waals surface area contributed by atoms with Gasteiger partial charge in [-0.1, -0.05) is 0 Å². The van der Waals surface area contributed by atoms with Crippen LogP contribution in [-0.2, 0) is 19.5 Å². The quantitative estimate of drug-likeness (QED) is 0.423. The molecule has 0 radical (unpaired) electrons. The van der Waals surface area contributed by atoms with E-state index in [1.807, 2.05) is 0 Å². The van der Waals surface area contributed by atoms with Gasteiger partial charge in [0.1, 0.15) is 0 Å². The number of rotatable bonds is 0. The Kier molecular flexibility index (Phi) is 16300. The molecule has 0 saturated heterocycles. The zero-order valence-electron chi connectivity index (χ0n) is 3.52. The molecule has 7 heteroatoms. The normalized spacial score (nSPS) is 0. The van der Waals surface area contributed by atoms with Crippen LogP contribution in [0.25, 0.3) is 0 Å². The minimum absolute atomic E-state index is 0. The van der Waals surface area contributed by atoms with E-state index in [0.29, 0.717) is 0 Å². The second kappa shape index (κ2) is 270. The maximum Gasteiger partial charge on any atom is 3.00 e. The smallest absolute Gasteiger partial charge is 0.870 e. The van der Waals surface area contributed by atoms with Crippen LogP contribution in [0.2, 0.25) is 0 Å². The van der Waals surface area contributed by atoms with Gasteiger partial charge in [0, 0.05) is 0 Å². The van der Waals surface area contributed by atoms with E-state index in [9.17, 15) is 0 Å². The Bertz CT molecular complexity index is 8.04. The van der Waals surface area contributed by atoms with Crippen LogP contribution in [0.3, 0.4) is 0 Å². The molecule has 5 nitrogen and oxygen atoms in total. The van der Waals surface area contributed by atoms with Crippen molar-refractivity contribution >= 4 is 17.4 Å². The van der Waals surface area contributed by atoms with Gasteiger partial charge in [0.15, 0.2) is 0 Å². The zero-order chi connectivity index (χ0) is 0. The Labute approximate surface area is 64.5 Å². The summed E-state index contributed by atoms with van der Waals surface area (Å²) in [5.41, 5.74) is 0. The Morgan fingerprint density at radius 3 is 0.429 bits per heavy atom. The van der Waals surface area contributed by atoms with Crippen molar-refractivity contribution in [3.63, 3.8) is 0 Å². The fourth-order valence-electron chi connectivity index (χ4n) is 0. The Morgan fingerprint density at radius 2 is 0.429 bits per heavy atom. The van der Waals surface area contributed by atoms with Gasteiger partial charge in [-0.15, -0.1) is 0 Å². The minimum Gasteiger partial charge on any atom is -0.870 e. The van der Waals surface area contributed by atoms with Crippen LogP contribution >= 0.6 is 0 Å². The summed E-state index contributed by atoms with van der Waals surface area (Å²) in [6.07, 6.45) is 0. The molecule has 0 amide bonds. The van der Waals surface area contributed by atoms with Crippen molar-refractivity contribution in [2.75, 3.05) is 0 Å². The van der Waals surface area contributed by atoms with Crippen molar-refractivity contribution in [1.29, 1.82) is 0 Å². The summed E-state index contributed by atoms with van der Waals surface area (Å²) < 4.78 is 0. The van der Waals surface area contributed by atoms with Gasteiger partial charge in [-0.05, 0) is 0 Å². The van der Waals surface area contributed by atoms with E-state index >= 15 is 0 Å². The van der Waals surface area contributed by atoms with Crippen molar-refractivity contribution in [1.82, 2.24) is 0 Å². The molecule has 0 aromatic carbocycles. The first-order valence-electron chi connectivity index (χ1n) is 0. The minimum atomic E-state index is 0. The van der Waals surface area contributed by atoms with Crippen molar-refractivity contribution < 1.29 is 46.9 Å². The monoisotopic (exact) mass is 176 g/mol. The number of hydrogen-bond acceptors (Lipinski definition) is 5. The average molecular weight is 177 g/mol. The van der Waals surface area contributed by atoms with E-state index < -0.39 is 0 Å². The van der Waals surface area contributed by atoms with Crippen LogP contribution < -0.4 is 0 Å². The summed E-state index contributed by atoms with van der Waals surface area (Å²) in [4.78, 5) is 0. The van der Waals surface area contributed by atoms with Crippen LogP contribution in [0.5, 0.6) is 0 Å². The predicted molar refractivity (Wildman–Crippen MR) is 15.4 cm³/mol. The molecule has 40 valence electrons. The molecule has 0 fully saturated rings. The van der Waals surface area contributed by atoms with Crippen molar-refractivity contribution in [2.24, 2.45) is 0 Å². The average Bonchev–Trinajstić information content (AvgIpc) is 0. The van der Waals surface area contributed by atoms with Gasteiger partial charge in [-0.25, -0.2) is 0 Å². The van der Waals surface area contributed by atoms with Gasteiger partial charge < -0.3 is 27.4 Å². The van der Waals surface area contributed by atoms with Gasteiger partial charge in [0.05, 0.1) is 0 Å². The maximum absolute atomic E-state index is 0. The second-order valence-electron chi connectivity index (χ2n) is 0. The molecule has 0 aliphatic rings. The molecule has 0 atom stereocenters. The molecule has 0 rings (SSSR count). The van der Waals surface area contributed by atoms with Crippen LogP contribution in [0.1, 0.15) is 0 Å². The zero-order valence-corrected chi connectivity index (χ0v) is 7.64. The van der Waals surface area contributed by atoms with E-state index in [2.05, 4.69) is 0 Å². The van der Waals surface area contributed by atoms with Crippen LogP contribution in [-0.4, -0.2) is 44.7 Å².